The lowest BCUT2D eigenvalue weighted by Gasteiger charge is -2.17. The van der Waals surface area contributed by atoms with Crippen molar-refractivity contribution in [2.75, 3.05) is 5.32 Å². The van der Waals surface area contributed by atoms with Gasteiger partial charge in [0.25, 0.3) is 0 Å². The standard InChI is InChI=1S/C14H17ClN4O/c1-8(2)16-14(20)9(3)17-13-11-7-5-4-6-10(11)12(15)18-19-13/h4-9H,1-3H3,(H,16,20)(H,17,19). The fraction of sp³-hybridized carbons (Fsp3) is 0.357. The molecule has 0 aliphatic carbocycles. The molecule has 0 bridgehead atoms. The molecule has 2 N–H and O–H groups in total. The maximum absolute atomic E-state index is 11.9. The molecule has 0 aliphatic heterocycles. The smallest absolute Gasteiger partial charge is 0.242 e. The van der Waals surface area contributed by atoms with Crippen molar-refractivity contribution in [2.45, 2.75) is 32.9 Å². The van der Waals surface area contributed by atoms with Gasteiger partial charge in [-0.3, -0.25) is 4.79 Å². The third-order valence-corrected chi connectivity index (χ3v) is 3.10. The number of halogens is 1. The van der Waals surface area contributed by atoms with Crippen molar-refractivity contribution in [2.24, 2.45) is 0 Å². The first kappa shape index (κ1) is 14.5. The summed E-state index contributed by atoms with van der Waals surface area (Å²) < 4.78 is 0. The van der Waals surface area contributed by atoms with Gasteiger partial charge in [0.05, 0.1) is 0 Å². The molecule has 0 saturated heterocycles. The first-order valence-corrected chi connectivity index (χ1v) is 6.84. The van der Waals surface area contributed by atoms with Gasteiger partial charge in [-0.2, -0.15) is 0 Å². The van der Waals surface area contributed by atoms with Crippen LogP contribution in [0.25, 0.3) is 10.8 Å². The van der Waals surface area contributed by atoms with Crippen molar-refractivity contribution in [3.63, 3.8) is 0 Å². The van der Waals surface area contributed by atoms with E-state index in [2.05, 4.69) is 20.8 Å². The number of amides is 1. The van der Waals surface area contributed by atoms with Crippen LogP contribution in [-0.4, -0.2) is 28.2 Å². The highest BCUT2D eigenvalue weighted by Crippen LogP contribution is 2.25. The molecular formula is C14H17ClN4O. The molecule has 1 heterocycles. The van der Waals surface area contributed by atoms with E-state index in [1.165, 1.54) is 0 Å². The SMILES string of the molecule is CC(C)NC(=O)C(C)Nc1nnc(Cl)c2ccccc12. The van der Waals surface area contributed by atoms with E-state index >= 15 is 0 Å². The van der Waals surface area contributed by atoms with Crippen LogP contribution in [0.1, 0.15) is 20.8 Å². The van der Waals surface area contributed by atoms with Crippen molar-refractivity contribution < 1.29 is 4.79 Å². The summed E-state index contributed by atoms with van der Waals surface area (Å²) >= 11 is 6.02. The van der Waals surface area contributed by atoms with Crippen molar-refractivity contribution in [3.8, 4) is 0 Å². The summed E-state index contributed by atoms with van der Waals surface area (Å²) in [5.41, 5.74) is 0. The predicted octanol–water partition coefficient (Wildman–Crippen LogP) is 2.61. The highest BCUT2D eigenvalue weighted by molar-refractivity contribution is 6.34. The summed E-state index contributed by atoms with van der Waals surface area (Å²) in [6.07, 6.45) is 0. The van der Waals surface area contributed by atoms with Crippen molar-refractivity contribution >= 4 is 34.1 Å². The Morgan fingerprint density at radius 2 is 1.80 bits per heavy atom. The van der Waals surface area contributed by atoms with Crippen molar-refractivity contribution in [1.29, 1.82) is 0 Å². The van der Waals surface area contributed by atoms with Crippen LogP contribution in [0.4, 0.5) is 5.82 Å². The number of fused-ring (bicyclic) bond motifs is 1. The van der Waals surface area contributed by atoms with Crippen LogP contribution in [0.2, 0.25) is 5.15 Å². The van der Waals surface area contributed by atoms with Gasteiger partial charge in [-0.25, -0.2) is 0 Å². The van der Waals surface area contributed by atoms with Gasteiger partial charge in [0, 0.05) is 16.8 Å². The number of nitrogens with one attached hydrogen (secondary N) is 2. The largest absolute Gasteiger partial charge is 0.357 e. The summed E-state index contributed by atoms with van der Waals surface area (Å²) in [5.74, 6) is 0.470. The molecule has 1 atom stereocenters. The quantitative estimate of drug-likeness (QED) is 0.909. The van der Waals surface area contributed by atoms with E-state index in [9.17, 15) is 4.79 Å². The second-order valence-corrected chi connectivity index (χ2v) is 5.27. The number of nitrogens with zero attached hydrogens (tertiary/aromatic N) is 2. The molecule has 0 radical (unpaired) electrons. The molecule has 20 heavy (non-hydrogen) atoms. The number of aromatic nitrogens is 2. The molecule has 2 aromatic rings. The second-order valence-electron chi connectivity index (χ2n) is 4.91. The van der Waals surface area contributed by atoms with E-state index in [4.69, 9.17) is 11.6 Å². The molecule has 1 unspecified atom stereocenters. The Labute approximate surface area is 122 Å². The number of anilines is 1. The van der Waals surface area contributed by atoms with Gasteiger partial charge in [0.1, 0.15) is 6.04 Å². The summed E-state index contributed by atoms with van der Waals surface area (Å²) in [7, 11) is 0. The van der Waals surface area contributed by atoms with Gasteiger partial charge >= 0.3 is 0 Å². The van der Waals surface area contributed by atoms with Crippen LogP contribution in [0.15, 0.2) is 24.3 Å². The van der Waals surface area contributed by atoms with Crippen LogP contribution < -0.4 is 10.6 Å². The topological polar surface area (TPSA) is 66.9 Å². The molecule has 2 rings (SSSR count). The van der Waals surface area contributed by atoms with Crippen molar-refractivity contribution in [3.05, 3.63) is 29.4 Å². The summed E-state index contributed by atoms with van der Waals surface area (Å²) in [6, 6.07) is 7.23. The van der Waals surface area contributed by atoms with E-state index < -0.39 is 6.04 Å². The Bertz CT molecular complexity index is 630. The van der Waals surface area contributed by atoms with E-state index in [0.717, 1.165) is 10.8 Å². The minimum absolute atomic E-state index is 0.0826. The first-order chi connectivity index (χ1) is 9.49. The molecule has 0 saturated carbocycles. The minimum atomic E-state index is -0.406. The monoisotopic (exact) mass is 292 g/mol. The molecule has 1 aromatic heterocycles. The Hall–Kier alpha value is -1.88. The zero-order chi connectivity index (χ0) is 14.7. The van der Waals surface area contributed by atoms with Crippen LogP contribution in [-0.2, 0) is 4.79 Å². The average molecular weight is 293 g/mol. The predicted molar refractivity (Wildman–Crippen MR) is 80.9 cm³/mol. The highest BCUT2D eigenvalue weighted by Gasteiger charge is 2.16. The van der Waals surface area contributed by atoms with Crippen LogP contribution >= 0.6 is 11.6 Å². The number of carbonyl (C=O) groups excluding carboxylic acids is 1. The molecular weight excluding hydrogens is 276 g/mol. The third kappa shape index (κ3) is 3.17. The fourth-order valence-electron chi connectivity index (χ4n) is 1.86. The third-order valence-electron chi connectivity index (χ3n) is 2.82. The maximum atomic E-state index is 11.9. The molecule has 6 heteroatoms. The van der Waals surface area contributed by atoms with Crippen LogP contribution in [0, 0.1) is 0 Å². The maximum Gasteiger partial charge on any atom is 0.242 e. The van der Waals surface area contributed by atoms with Gasteiger partial charge in [-0.05, 0) is 20.8 Å². The molecule has 1 aromatic carbocycles. The number of rotatable bonds is 4. The average Bonchev–Trinajstić information content (AvgIpc) is 2.41. The molecule has 106 valence electrons. The molecule has 0 aliphatic rings. The minimum Gasteiger partial charge on any atom is -0.357 e. The zero-order valence-corrected chi connectivity index (χ0v) is 12.4. The van der Waals surface area contributed by atoms with Gasteiger partial charge in [0.15, 0.2) is 11.0 Å². The molecule has 1 amide bonds. The van der Waals surface area contributed by atoms with E-state index in [-0.39, 0.29) is 11.9 Å². The Balaban J connectivity index is 2.26. The highest BCUT2D eigenvalue weighted by atomic mass is 35.5. The Morgan fingerprint density at radius 1 is 1.15 bits per heavy atom. The number of hydrogen-bond acceptors (Lipinski definition) is 4. The van der Waals surface area contributed by atoms with Gasteiger partial charge in [-0.15, -0.1) is 10.2 Å². The van der Waals surface area contributed by atoms with Gasteiger partial charge < -0.3 is 10.6 Å². The number of benzene rings is 1. The van der Waals surface area contributed by atoms with Gasteiger partial charge in [-0.1, -0.05) is 35.9 Å². The second kappa shape index (κ2) is 6.05. The molecule has 5 nitrogen and oxygen atoms in total. The number of hydrogen-bond donors (Lipinski definition) is 2. The van der Waals surface area contributed by atoms with E-state index in [0.29, 0.717) is 11.0 Å². The van der Waals surface area contributed by atoms with E-state index in [1.54, 1.807) is 6.92 Å². The summed E-state index contributed by atoms with van der Waals surface area (Å²) in [5, 5.41) is 15.9. The van der Waals surface area contributed by atoms with Crippen LogP contribution in [0.3, 0.4) is 0 Å². The number of carbonyl (C=O) groups is 1. The normalized spacial score (nSPS) is 12.4. The lowest BCUT2D eigenvalue weighted by molar-refractivity contribution is -0.122. The zero-order valence-electron chi connectivity index (χ0n) is 11.6. The molecule has 0 spiro atoms. The van der Waals surface area contributed by atoms with Crippen molar-refractivity contribution in [1.82, 2.24) is 15.5 Å². The lowest BCUT2D eigenvalue weighted by atomic mass is 10.2. The van der Waals surface area contributed by atoms with E-state index in [1.807, 2.05) is 38.1 Å². The first-order valence-electron chi connectivity index (χ1n) is 6.47. The van der Waals surface area contributed by atoms with Crippen LogP contribution in [0.5, 0.6) is 0 Å². The lowest BCUT2D eigenvalue weighted by Crippen LogP contribution is -2.41. The summed E-state index contributed by atoms with van der Waals surface area (Å²) in [6.45, 7) is 5.62. The molecule has 0 fully saturated rings. The summed E-state index contributed by atoms with van der Waals surface area (Å²) in [4.78, 5) is 11.9. The Kier molecular flexibility index (Phi) is 4.39. The van der Waals surface area contributed by atoms with Gasteiger partial charge in [0.2, 0.25) is 5.91 Å². The Morgan fingerprint density at radius 3 is 2.45 bits per heavy atom. The fourth-order valence-corrected chi connectivity index (χ4v) is 2.06.